The Morgan fingerprint density at radius 1 is 1.24 bits per heavy atom. The highest BCUT2D eigenvalue weighted by Crippen LogP contribution is 2.25. The maximum atomic E-state index is 12.3. The largest absolute Gasteiger partial charge is 0.496 e. The summed E-state index contributed by atoms with van der Waals surface area (Å²) in [7, 11) is 1.67. The summed E-state index contributed by atoms with van der Waals surface area (Å²) in [6.07, 6.45) is 1.33. The molecular formula is C20H24ClNO2S. The molecule has 0 aliphatic carbocycles. The molecule has 1 N–H and O–H groups in total. The van der Waals surface area contributed by atoms with Crippen molar-refractivity contribution in [1.82, 2.24) is 5.32 Å². The van der Waals surface area contributed by atoms with Gasteiger partial charge >= 0.3 is 0 Å². The second kappa shape index (κ2) is 9.73. The van der Waals surface area contributed by atoms with Crippen LogP contribution in [0.4, 0.5) is 0 Å². The van der Waals surface area contributed by atoms with Gasteiger partial charge in [-0.25, -0.2) is 0 Å². The predicted octanol–water partition coefficient (Wildman–Crippen LogP) is 5.41. The molecule has 134 valence electrons. The smallest absolute Gasteiger partial charge is 0.221 e. The number of rotatable bonds is 8. The summed E-state index contributed by atoms with van der Waals surface area (Å²) < 4.78 is 5.30. The molecule has 25 heavy (non-hydrogen) atoms. The first-order valence-electron chi connectivity index (χ1n) is 8.35. The molecule has 0 aliphatic rings. The van der Waals surface area contributed by atoms with E-state index in [-0.39, 0.29) is 11.9 Å². The van der Waals surface area contributed by atoms with Crippen LogP contribution < -0.4 is 10.1 Å². The van der Waals surface area contributed by atoms with E-state index in [0.717, 1.165) is 39.0 Å². The van der Waals surface area contributed by atoms with Crippen LogP contribution in [-0.4, -0.2) is 18.8 Å². The summed E-state index contributed by atoms with van der Waals surface area (Å²) in [5.41, 5.74) is 2.19. The highest BCUT2D eigenvalue weighted by molar-refractivity contribution is 7.99. The zero-order chi connectivity index (χ0) is 18.2. The molecule has 2 aromatic carbocycles. The lowest BCUT2D eigenvalue weighted by atomic mass is 10.0. The van der Waals surface area contributed by atoms with Crippen LogP contribution in [0.1, 0.15) is 36.9 Å². The molecule has 5 heteroatoms. The van der Waals surface area contributed by atoms with Crippen molar-refractivity contribution < 1.29 is 9.53 Å². The SMILES string of the molecule is CC[C@@H](NC(=O)CCSc1ccc(Cl)cc1)c1ccc(OC)c(C)c1. The third kappa shape index (κ3) is 5.98. The normalized spacial score (nSPS) is 11.8. The van der Waals surface area contributed by atoms with E-state index >= 15 is 0 Å². The van der Waals surface area contributed by atoms with Gasteiger partial charge in [-0.2, -0.15) is 0 Å². The van der Waals surface area contributed by atoms with Crippen molar-refractivity contribution in [1.29, 1.82) is 0 Å². The molecule has 0 spiro atoms. The standard InChI is InChI=1S/C20H24ClNO2S/c1-4-18(15-5-10-19(24-3)14(2)13-15)22-20(23)11-12-25-17-8-6-16(21)7-9-17/h5-10,13,18H,4,11-12H2,1-3H3,(H,22,23)/t18-/m1/s1. The van der Waals surface area contributed by atoms with Crippen molar-refractivity contribution in [2.24, 2.45) is 0 Å². The van der Waals surface area contributed by atoms with E-state index in [2.05, 4.69) is 18.3 Å². The molecule has 0 fully saturated rings. The van der Waals surface area contributed by atoms with Crippen molar-refractivity contribution in [2.75, 3.05) is 12.9 Å². The fourth-order valence-corrected chi connectivity index (χ4v) is 3.58. The highest BCUT2D eigenvalue weighted by Gasteiger charge is 2.14. The van der Waals surface area contributed by atoms with Gasteiger partial charge in [0.25, 0.3) is 0 Å². The van der Waals surface area contributed by atoms with Gasteiger partial charge in [0.1, 0.15) is 5.75 Å². The van der Waals surface area contributed by atoms with Gasteiger partial charge in [-0.1, -0.05) is 30.7 Å². The van der Waals surface area contributed by atoms with Gasteiger partial charge in [0.15, 0.2) is 0 Å². The highest BCUT2D eigenvalue weighted by atomic mass is 35.5. The number of thioether (sulfide) groups is 1. The van der Waals surface area contributed by atoms with Crippen molar-refractivity contribution in [3.63, 3.8) is 0 Å². The first kappa shape index (κ1) is 19.7. The Balaban J connectivity index is 1.86. The van der Waals surface area contributed by atoms with Gasteiger partial charge < -0.3 is 10.1 Å². The number of benzene rings is 2. The Labute approximate surface area is 159 Å². The van der Waals surface area contributed by atoms with E-state index in [1.165, 1.54) is 0 Å². The number of hydrogen-bond acceptors (Lipinski definition) is 3. The topological polar surface area (TPSA) is 38.3 Å². The second-order valence-electron chi connectivity index (χ2n) is 5.81. The molecule has 2 aromatic rings. The molecule has 1 amide bonds. The van der Waals surface area contributed by atoms with Gasteiger partial charge in [-0.15, -0.1) is 11.8 Å². The van der Waals surface area contributed by atoms with Crippen molar-refractivity contribution >= 4 is 29.3 Å². The van der Waals surface area contributed by atoms with E-state index in [9.17, 15) is 4.79 Å². The average molecular weight is 378 g/mol. The third-order valence-corrected chi connectivity index (χ3v) is 5.24. The Bertz CT molecular complexity index is 703. The summed E-state index contributed by atoms with van der Waals surface area (Å²) in [4.78, 5) is 13.4. The summed E-state index contributed by atoms with van der Waals surface area (Å²) in [6, 6.07) is 13.7. The molecule has 1 atom stereocenters. The van der Waals surface area contributed by atoms with E-state index < -0.39 is 0 Å². The van der Waals surface area contributed by atoms with Crippen molar-refractivity contribution in [2.45, 2.75) is 37.6 Å². The third-order valence-electron chi connectivity index (χ3n) is 3.98. The number of methoxy groups -OCH3 is 1. The summed E-state index contributed by atoms with van der Waals surface area (Å²) in [5.74, 6) is 1.68. The number of halogens is 1. The average Bonchev–Trinajstić information content (AvgIpc) is 2.61. The first-order chi connectivity index (χ1) is 12.0. The molecule has 0 aromatic heterocycles. The molecule has 0 radical (unpaired) electrons. The fourth-order valence-electron chi connectivity index (χ4n) is 2.60. The van der Waals surface area contributed by atoms with Crippen LogP contribution in [0.3, 0.4) is 0 Å². The fraction of sp³-hybridized carbons (Fsp3) is 0.350. The number of carbonyl (C=O) groups is 1. The predicted molar refractivity (Wildman–Crippen MR) is 106 cm³/mol. The number of hydrogen-bond donors (Lipinski definition) is 1. The van der Waals surface area contributed by atoms with Crippen molar-refractivity contribution in [3.8, 4) is 5.75 Å². The van der Waals surface area contributed by atoms with Crippen LogP contribution >= 0.6 is 23.4 Å². The number of nitrogens with one attached hydrogen (secondary N) is 1. The maximum Gasteiger partial charge on any atom is 0.221 e. The molecule has 3 nitrogen and oxygen atoms in total. The van der Waals surface area contributed by atoms with E-state index in [1.807, 2.05) is 43.3 Å². The molecule has 0 bridgehead atoms. The molecule has 0 aliphatic heterocycles. The number of carbonyl (C=O) groups excluding carboxylic acids is 1. The van der Waals surface area contributed by atoms with Crippen LogP contribution in [0.25, 0.3) is 0 Å². The molecule has 0 unspecified atom stereocenters. The zero-order valence-electron chi connectivity index (χ0n) is 14.8. The van der Waals surface area contributed by atoms with Crippen LogP contribution in [0.5, 0.6) is 5.75 Å². The Morgan fingerprint density at radius 3 is 2.56 bits per heavy atom. The lowest BCUT2D eigenvalue weighted by Crippen LogP contribution is -2.28. The van der Waals surface area contributed by atoms with Gasteiger partial charge in [0, 0.05) is 22.1 Å². The summed E-state index contributed by atoms with van der Waals surface area (Å²) in [6.45, 7) is 4.09. The monoisotopic (exact) mass is 377 g/mol. The molecular weight excluding hydrogens is 354 g/mol. The molecule has 0 saturated heterocycles. The number of ether oxygens (including phenoxy) is 1. The first-order valence-corrected chi connectivity index (χ1v) is 9.72. The number of amides is 1. The molecule has 0 heterocycles. The van der Waals surface area contributed by atoms with Crippen LogP contribution in [0.2, 0.25) is 5.02 Å². The van der Waals surface area contributed by atoms with Crippen molar-refractivity contribution in [3.05, 3.63) is 58.6 Å². The molecule has 2 rings (SSSR count). The molecule has 0 saturated carbocycles. The van der Waals surface area contributed by atoms with E-state index in [1.54, 1.807) is 18.9 Å². The summed E-state index contributed by atoms with van der Waals surface area (Å²) in [5, 5.41) is 3.85. The summed E-state index contributed by atoms with van der Waals surface area (Å²) >= 11 is 7.54. The van der Waals surface area contributed by atoms with Crippen LogP contribution in [0.15, 0.2) is 47.4 Å². The van der Waals surface area contributed by atoms with Crippen LogP contribution in [-0.2, 0) is 4.79 Å². The van der Waals surface area contributed by atoms with Gasteiger partial charge in [-0.05, 0) is 54.8 Å². The van der Waals surface area contributed by atoms with Crippen LogP contribution in [0, 0.1) is 6.92 Å². The minimum Gasteiger partial charge on any atom is -0.496 e. The Hall–Kier alpha value is -1.65. The zero-order valence-corrected chi connectivity index (χ0v) is 16.4. The Kier molecular flexibility index (Phi) is 7.66. The lowest BCUT2D eigenvalue weighted by molar-refractivity contribution is -0.121. The minimum atomic E-state index is 0.0256. The minimum absolute atomic E-state index is 0.0256. The van der Waals surface area contributed by atoms with Gasteiger partial charge in [0.05, 0.1) is 13.2 Å². The Morgan fingerprint density at radius 2 is 1.96 bits per heavy atom. The lowest BCUT2D eigenvalue weighted by Gasteiger charge is -2.19. The maximum absolute atomic E-state index is 12.3. The quantitative estimate of drug-likeness (QED) is 0.625. The van der Waals surface area contributed by atoms with E-state index in [4.69, 9.17) is 16.3 Å². The van der Waals surface area contributed by atoms with E-state index in [0.29, 0.717) is 6.42 Å². The van der Waals surface area contributed by atoms with Gasteiger partial charge in [0.2, 0.25) is 5.91 Å². The second-order valence-corrected chi connectivity index (χ2v) is 7.41. The van der Waals surface area contributed by atoms with Gasteiger partial charge in [-0.3, -0.25) is 4.79 Å². The number of aryl methyl sites for hydroxylation is 1.